The molecule has 0 heterocycles. The van der Waals surface area contributed by atoms with Crippen LogP contribution in [0.1, 0.15) is 23.2 Å². The van der Waals surface area contributed by atoms with Gasteiger partial charge < -0.3 is 26.0 Å². The van der Waals surface area contributed by atoms with Crippen molar-refractivity contribution in [1.82, 2.24) is 5.32 Å². The highest BCUT2D eigenvalue weighted by molar-refractivity contribution is 5.97. The Balaban J connectivity index is 2.81. The van der Waals surface area contributed by atoms with Gasteiger partial charge in [0.2, 0.25) is 5.91 Å². The highest BCUT2D eigenvalue weighted by Gasteiger charge is 2.21. The van der Waals surface area contributed by atoms with Crippen LogP contribution in [0.3, 0.4) is 0 Å². The SMILES string of the molecule is COc1cc(C(=O)N[C@@H](CCC(N)=O)C(=O)O)ccc1O. The predicted octanol–water partition coefficient (Wildman–Crippen LogP) is -0.151. The van der Waals surface area contributed by atoms with Crippen LogP contribution in [0, 0.1) is 0 Å². The number of aliphatic carboxylic acids is 1. The Morgan fingerprint density at radius 2 is 2.05 bits per heavy atom. The lowest BCUT2D eigenvalue weighted by molar-refractivity contribution is -0.139. The predicted molar refractivity (Wildman–Crippen MR) is 72.0 cm³/mol. The molecule has 1 aromatic carbocycles. The molecule has 0 saturated carbocycles. The van der Waals surface area contributed by atoms with Gasteiger partial charge in [0, 0.05) is 12.0 Å². The van der Waals surface area contributed by atoms with Crippen LogP contribution in [0.5, 0.6) is 11.5 Å². The summed E-state index contributed by atoms with van der Waals surface area (Å²) >= 11 is 0. The van der Waals surface area contributed by atoms with E-state index in [1.165, 1.54) is 25.3 Å². The molecule has 5 N–H and O–H groups in total. The van der Waals surface area contributed by atoms with E-state index in [9.17, 15) is 19.5 Å². The molecule has 0 unspecified atom stereocenters. The molecule has 0 spiro atoms. The number of rotatable bonds is 7. The first-order chi connectivity index (χ1) is 9.85. The highest BCUT2D eigenvalue weighted by atomic mass is 16.5. The van der Waals surface area contributed by atoms with Crippen LogP contribution in [0.2, 0.25) is 0 Å². The summed E-state index contributed by atoms with van der Waals surface area (Å²) in [4.78, 5) is 33.7. The summed E-state index contributed by atoms with van der Waals surface area (Å²) in [7, 11) is 1.32. The maximum Gasteiger partial charge on any atom is 0.326 e. The topological polar surface area (TPSA) is 139 Å². The van der Waals surface area contributed by atoms with Crippen molar-refractivity contribution in [3.8, 4) is 11.5 Å². The molecule has 8 nitrogen and oxygen atoms in total. The van der Waals surface area contributed by atoms with E-state index >= 15 is 0 Å². The first-order valence-corrected chi connectivity index (χ1v) is 6.04. The van der Waals surface area contributed by atoms with Gasteiger partial charge in [0.05, 0.1) is 7.11 Å². The van der Waals surface area contributed by atoms with Gasteiger partial charge in [-0.3, -0.25) is 9.59 Å². The molecule has 0 aliphatic carbocycles. The molecule has 0 fully saturated rings. The van der Waals surface area contributed by atoms with E-state index in [-0.39, 0.29) is 29.9 Å². The lowest BCUT2D eigenvalue weighted by atomic mass is 10.1. The maximum atomic E-state index is 12.0. The van der Waals surface area contributed by atoms with Crippen LogP contribution < -0.4 is 15.8 Å². The minimum Gasteiger partial charge on any atom is -0.504 e. The van der Waals surface area contributed by atoms with E-state index in [0.29, 0.717) is 0 Å². The summed E-state index contributed by atoms with van der Waals surface area (Å²) in [6, 6.07) is 2.62. The van der Waals surface area contributed by atoms with Crippen molar-refractivity contribution in [2.24, 2.45) is 5.73 Å². The molecule has 8 heteroatoms. The van der Waals surface area contributed by atoms with Gasteiger partial charge in [0.25, 0.3) is 5.91 Å². The van der Waals surface area contributed by atoms with E-state index in [2.05, 4.69) is 5.32 Å². The number of carboxylic acids is 1. The normalized spacial score (nSPS) is 11.5. The van der Waals surface area contributed by atoms with Gasteiger partial charge in [0.1, 0.15) is 6.04 Å². The second-order valence-corrected chi connectivity index (χ2v) is 4.26. The van der Waals surface area contributed by atoms with Crippen molar-refractivity contribution in [2.45, 2.75) is 18.9 Å². The molecule has 0 aliphatic heterocycles. The Morgan fingerprint density at radius 3 is 2.57 bits per heavy atom. The third-order valence-electron chi connectivity index (χ3n) is 2.72. The number of methoxy groups -OCH3 is 1. The maximum absolute atomic E-state index is 12.0. The molecule has 2 amide bonds. The smallest absolute Gasteiger partial charge is 0.326 e. The molecule has 21 heavy (non-hydrogen) atoms. The van der Waals surface area contributed by atoms with Gasteiger partial charge >= 0.3 is 5.97 Å². The van der Waals surface area contributed by atoms with Gasteiger partial charge in [-0.1, -0.05) is 0 Å². The van der Waals surface area contributed by atoms with Crippen molar-refractivity contribution >= 4 is 17.8 Å². The Morgan fingerprint density at radius 1 is 1.38 bits per heavy atom. The number of hydrogen-bond donors (Lipinski definition) is 4. The van der Waals surface area contributed by atoms with Gasteiger partial charge in [-0.25, -0.2) is 4.79 Å². The van der Waals surface area contributed by atoms with E-state index in [1.807, 2.05) is 0 Å². The van der Waals surface area contributed by atoms with Crippen molar-refractivity contribution < 1.29 is 29.3 Å². The quantitative estimate of drug-likeness (QED) is 0.552. The average Bonchev–Trinajstić information content (AvgIpc) is 2.43. The number of phenols is 1. The zero-order chi connectivity index (χ0) is 16.0. The van der Waals surface area contributed by atoms with E-state index in [0.717, 1.165) is 0 Å². The third kappa shape index (κ3) is 4.68. The zero-order valence-electron chi connectivity index (χ0n) is 11.3. The number of carbonyl (C=O) groups excluding carboxylic acids is 2. The van der Waals surface area contributed by atoms with Crippen molar-refractivity contribution in [2.75, 3.05) is 7.11 Å². The number of aromatic hydroxyl groups is 1. The first kappa shape index (κ1) is 16.3. The summed E-state index contributed by atoms with van der Waals surface area (Å²) in [6.45, 7) is 0. The summed E-state index contributed by atoms with van der Waals surface area (Å²) in [6.07, 6.45) is -0.262. The Hall–Kier alpha value is -2.77. The van der Waals surface area contributed by atoms with Crippen LogP contribution in [0.4, 0.5) is 0 Å². The number of carboxylic acid groups (broad SMARTS) is 1. The number of primary amides is 1. The first-order valence-electron chi connectivity index (χ1n) is 6.04. The summed E-state index contributed by atoms with van der Waals surface area (Å²) in [5.41, 5.74) is 5.07. The van der Waals surface area contributed by atoms with E-state index in [4.69, 9.17) is 15.6 Å². The Labute approximate surface area is 120 Å². The summed E-state index contributed by atoms with van der Waals surface area (Å²) in [5, 5.41) is 20.7. The van der Waals surface area contributed by atoms with Gasteiger partial charge in [-0.2, -0.15) is 0 Å². The number of amides is 2. The fourth-order valence-corrected chi connectivity index (χ4v) is 1.60. The second-order valence-electron chi connectivity index (χ2n) is 4.26. The van der Waals surface area contributed by atoms with Crippen LogP contribution in [0.25, 0.3) is 0 Å². The fraction of sp³-hybridized carbons (Fsp3) is 0.308. The Bertz CT molecular complexity index is 558. The van der Waals surface area contributed by atoms with E-state index in [1.54, 1.807) is 0 Å². The molecular weight excluding hydrogens is 280 g/mol. The van der Waals surface area contributed by atoms with Gasteiger partial charge in [-0.15, -0.1) is 0 Å². The van der Waals surface area contributed by atoms with Gasteiger partial charge in [-0.05, 0) is 24.6 Å². The lowest BCUT2D eigenvalue weighted by Gasteiger charge is -2.14. The number of nitrogens with one attached hydrogen (secondary N) is 1. The van der Waals surface area contributed by atoms with Crippen molar-refractivity contribution in [1.29, 1.82) is 0 Å². The fourth-order valence-electron chi connectivity index (χ4n) is 1.60. The standard InChI is InChI=1S/C13H16N2O6/c1-21-10-6-7(2-4-9(10)16)12(18)15-8(13(19)20)3-5-11(14)17/h2,4,6,8,16H,3,5H2,1H3,(H2,14,17)(H,15,18)(H,19,20)/t8-/m0/s1. The molecule has 0 aliphatic rings. The molecule has 1 rings (SSSR count). The molecule has 0 aromatic heterocycles. The lowest BCUT2D eigenvalue weighted by Crippen LogP contribution is -2.41. The largest absolute Gasteiger partial charge is 0.504 e. The highest BCUT2D eigenvalue weighted by Crippen LogP contribution is 2.26. The molecule has 1 atom stereocenters. The summed E-state index contributed by atoms with van der Waals surface area (Å²) in [5.74, 6) is -2.63. The third-order valence-corrected chi connectivity index (χ3v) is 2.72. The van der Waals surface area contributed by atoms with Crippen molar-refractivity contribution in [3.63, 3.8) is 0 Å². The number of phenolic OH excluding ortho intramolecular Hbond substituents is 1. The number of carbonyl (C=O) groups is 3. The molecule has 0 saturated heterocycles. The minimum atomic E-state index is -1.27. The van der Waals surface area contributed by atoms with Crippen molar-refractivity contribution in [3.05, 3.63) is 23.8 Å². The number of nitrogens with two attached hydrogens (primary N) is 1. The number of benzene rings is 1. The molecule has 0 bridgehead atoms. The molecule has 0 radical (unpaired) electrons. The molecular formula is C13H16N2O6. The Kier molecular flexibility index (Phi) is 5.53. The zero-order valence-corrected chi connectivity index (χ0v) is 11.3. The monoisotopic (exact) mass is 296 g/mol. The van der Waals surface area contributed by atoms with Crippen LogP contribution in [-0.2, 0) is 9.59 Å². The average molecular weight is 296 g/mol. The second kappa shape index (κ2) is 7.13. The number of ether oxygens (including phenoxy) is 1. The van der Waals surface area contributed by atoms with Gasteiger partial charge in [0.15, 0.2) is 11.5 Å². The van der Waals surface area contributed by atoms with Crippen LogP contribution in [0.15, 0.2) is 18.2 Å². The summed E-state index contributed by atoms with van der Waals surface area (Å²) < 4.78 is 4.86. The molecule has 1 aromatic rings. The van der Waals surface area contributed by atoms with Crippen LogP contribution >= 0.6 is 0 Å². The molecule has 114 valence electrons. The van der Waals surface area contributed by atoms with Crippen LogP contribution in [-0.4, -0.2) is 41.1 Å². The number of hydrogen-bond acceptors (Lipinski definition) is 5. The van der Waals surface area contributed by atoms with E-state index < -0.39 is 23.8 Å². The minimum absolute atomic E-state index is 0.0895.